The Balaban J connectivity index is 1.77. The van der Waals surface area contributed by atoms with Crippen LogP contribution in [-0.2, 0) is 0 Å². The van der Waals surface area contributed by atoms with Gasteiger partial charge in [0, 0.05) is 22.9 Å². The van der Waals surface area contributed by atoms with Crippen molar-refractivity contribution in [2.24, 2.45) is 10.1 Å². The molecule has 0 aromatic heterocycles. The first kappa shape index (κ1) is 17.0. The van der Waals surface area contributed by atoms with E-state index in [2.05, 4.69) is 15.5 Å². The lowest BCUT2D eigenvalue weighted by Crippen LogP contribution is -2.25. The highest BCUT2D eigenvalue weighted by Gasteiger charge is 2.17. The topological polar surface area (TPSA) is 89.1 Å². The molecule has 0 aliphatic carbocycles. The summed E-state index contributed by atoms with van der Waals surface area (Å²) in [7, 11) is 1.62. The van der Waals surface area contributed by atoms with Gasteiger partial charge in [-0.3, -0.25) is 15.5 Å². The Kier molecular flexibility index (Phi) is 4.99. The molecule has 7 nitrogen and oxygen atoms in total. The predicted octanol–water partition coefficient (Wildman–Crippen LogP) is 3.64. The Morgan fingerprint density at radius 1 is 1.28 bits per heavy atom. The average molecular weight is 356 g/mol. The van der Waals surface area contributed by atoms with Crippen molar-refractivity contribution in [2.45, 2.75) is 6.92 Å². The first-order valence-electron chi connectivity index (χ1n) is 7.50. The largest absolute Gasteiger partial charge is 0.497 e. The van der Waals surface area contributed by atoms with Crippen molar-refractivity contribution in [3.8, 4) is 5.75 Å². The van der Waals surface area contributed by atoms with Crippen LogP contribution in [0.4, 0.5) is 11.4 Å². The Hall–Kier alpha value is -2.87. The fourth-order valence-electron chi connectivity index (χ4n) is 2.28. The van der Waals surface area contributed by atoms with Gasteiger partial charge in [-0.15, -0.1) is 0 Å². The molecule has 1 N–H and O–H groups in total. The number of thioether (sulfide) groups is 1. The van der Waals surface area contributed by atoms with Crippen molar-refractivity contribution in [1.29, 1.82) is 0 Å². The number of amidine groups is 1. The zero-order valence-electron chi connectivity index (χ0n) is 13.7. The molecule has 0 amide bonds. The summed E-state index contributed by atoms with van der Waals surface area (Å²) < 4.78 is 5.12. The second kappa shape index (κ2) is 7.35. The predicted molar refractivity (Wildman–Crippen MR) is 100 cm³/mol. The molecule has 8 heteroatoms. The number of hydrazone groups is 1. The normalized spacial score (nSPS) is 15.4. The third kappa shape index (κ3) is 3.97. The van der Waals surface area contributed by atoms with Crippen LogP contribution in [0.5, 0.6) is 5.75 Å². The first-order valence-corrected chi connectivity index (χ1v) is 8.49. The minimum atomic E-state index is -0.376. The van der Waals surface area contributed by atoms with Crippen molar-refractivity contribution >= 4 is 34.0 Å². The molecule has 3 rings (SSSR count). The van der Waals surface area contributed by atoms with Crippen LogP contribution in [-0.4, -0.2) is 28.7 Å². The quantitative estimate of drug-likeness (QED) is 0.667. The molecule has 0 saturated heterocycles. The van der Waals surface area contributed by atoms with Crippen molar-refractivity contribution in [1.82, 2.24) is 5.43 Å². The number of nitro benzene ring substituents is 1. The second-order valence-electron chi connectivity index (χ2n) is 5.33. The Bertz CT molecular complexity index is 863. The van der Waals surface area contributed by atoms with Crippen LogP contribution in [0.25, 0.3) is 0 Å². The molecule has 0 saturated carbocycles. The summed E-state index contributed by atoms with van der Waals surface area (Å²) in [5, 5.41) is 16.1. The van der Waals surface area contributed by atoms with Crippen LogP contribution in [0.2, 0.25) is 0 Å². The molecule has 25 heavy (non-hydrogen) atoms. The minimum Gasteiger partial charge on any atom is -0.497 e. The third-order valence-corrected chi connectivity index (χ3v) is 4.55. The fraction of sp³-hybridized carbons (Fsp3) is 0.176. The lowest BCUT2D eigenvalue weighted by Gasteiger charge is -2.15. The molecule has 2 aromatic rings. The molecule has 0 atom stereocenters. The van der Waals surface area contributed by atoms with E-state index in [1.807, 2.05) is 30.3 Å². The van der Waals surface area contributed by atoms with Crippen LogP contribution in [0.1, 0.15) is 11.1 Å². The SMILES string of the molecule is COc1ccc(N=C2NN=C(c3ccc(C)c([N+](=O)[O-])c3)CS2)cc1. The average Bonchev–Trinajstić information content (AvgIpc) is 2.63. The molecule has 0 spiro atoms. The first-order chi connectivity index (χ1) is 12.1. The maximum absolute atomic E-state index is 11.1. The second-order valence-corrected chi connectivity index (χ2v) is 6.30. The van der Waals surface area contributed by atoms with Crippen molar-refractivity contribution in [3.63, 3.8) is 0 Å². The van der Waals surface area contributed by atoms with Crippen LogP contribution in [0.3, 0.4) is 0 Å². The van der Waals surface area contributed by atoms with Gasteiger partial charge in [0.2, 0.25) is 0 Å². The number of hydrogen-bond acceptors (Lipinski definition) is 6. The maximum atomic E-state index is 11.1. The molecular weight excluding hydrogens is 340 g/mol. The zero-order valence-corrected chi connectivity index (χ0v) is 14.5. The summed E-state index contributed by atoms with van der Waals surface area (Å²) in [5.41, 5.74) is 5.92. The smallest absolute Gasteiger partial charge is 0.272 e. The molecule has 0 bridgehead atoms. The molecule has 1 heterocycles. The number of methoxy groups -OCH3 is 1. The molecular formula is C17H16N4O3S. The van der Waals surface area contributed by atoms with Crippen molar-refractivity contribution in [2.75, 3.05) is 12.9 Å². The number of aryl methyl sites for hydroxylation is 1. The highest BCUT2D eigenvalue weighted by molar-refractivity contribution is 8.14. The molecule has 0 fully saturated rings. The number of nitro groups is 1. The number of hydrogen-bond donors (Lipinski definition) is 1. The van der Waals surface area contributed by atoms with Crippen LogP contribution in [0, 0.1) is 17.0 Å². The Labute approximate surface area is 149 Å². The van der Waals surface area contributed by atoms with E-state index >= 15 is 0 Å². The summed E-state index contributed by atoms with van der Waals surface area (Å²) in [6.45, 7) is 1.72. The van der Waals surface area contributed by atoms with Gasteiger partial charge in [-0.25, -0.2) is 4.99 Å². The highest BCUT2D eigenvalue weighted by atomic mass is 32.2. The molecule has 1 aliphatic rings. The van der Waals surface area contributed by atoms with E-state index in [9.17, 15) is 10.1 Å². The van der Waals surface area contributed by atoms with Gasteiger partial charge in [0.25, 0.3) is 5.69 Å². The number of nitrogens with zero attached hydrogens (tertiary/aromatic N) is 3. The molecule has 1 aliphatic heterocycles. The van der Waals surface area contributed by atoms with Crippen molar-refractivity contribution in [3.05, 3.63) is 63.7 Å². The van der Waals surface area contributed by atoms with Crippen LogP contribution >= 0.6 is 11.8 Å². The van der Waals surface area contributed by atoms with E-state index in [4.69, 9.17) is 4.74 Å². The van der Waals surface area contributed by atoms with Gasteiger partial charge >= 0.3 is 0 Å². The van der Waals surface area contributed by atoms with Gasteiger partial charge in [-0.1, -0.05) is 23.9 Å². The minimum absolute atomic E-state index is 0.0999. The Morgan fingerprint density at radius 3 is 2.64 bits per heavy atom. The number of aliphatic imine (C=N–C) groups is 1. The van der Waals surface area contributed by atoms with Crippen molar-refractivity contribution < 1.29 is 9.66 Å². The van der Waals surface area contributed by atoms with Gasteiger partial charge in [0.15, 0.2) is 5.17 Å². The lowest BCUT2D eigenvalue weighted by molar-refractivity contribution is -0.385. The highest BCUT2D eigenvalue weighted by Crippen LogP contribution is 2.23. The van der Waals surface area contributed by atoms with Crippen LogP contribution < -0.4 is 10.2 Å². The summed E-state index contributed by atoms with van der Waals surface area (Å²) in [5.74, 6) is 1.36. The van der Waals surface area contributed by atoms with Gasteiger partial charge in [0.1, 0.15) is 5.75 Å². The summed E-state index contributed by atoms with van der Waals surface area (Å²) in [6, 6.07) is 12.5. The summed E-state index contributed by atoms with van der Waals surface area (Å²) in [4.78, 5) is 15.2. The van der Waals surface area contributed by atoms with Gasteiger partial charge in [-0.05, 0) is 31.2 Å². The standard InChI is InChI=1S/C17H16N4O3S/c1-11-3-4-12(9-16(11)21(22)23)15-10-25-17(20-19-15)18-13-5-7-14(24-2)8-6-13/h3-9H,10H2,1-2H3,(H,18,20). The molecule has 2 aromatic carbocycles. The number of rotatable bonds is 4. The van der Waals surface area contributed by atoms with Gasteiger partial charge in [0.05, 0.1) is 23.4 Å². The molecule has 0 unspecified atom stereocenters. The van der Waals surface area contributed by atoms with E-state index < -0.39 is 0 Å². The Morgan fingerprint density at radius 2 is 2.04 bits per heavy atom. The zero-order chi connectivity index (χ0) is 17.8. The summed E-state index contributed by atoms with van der Waals surface area (Å²) in [6.07, 6.45) is 0. The number of ether oxygens (including phenoxy) is 1. The fourth-order valence-corrected chi connectivity index (χ4v) is 3.07. The van der Waals surface area contributed by atoms with E-state index in [-0.39, 0.29) is 10.6 Å². The maximum Gasteiger partial charge on any atom is 0.272 e. The number of benzene rings is 2. The lowest BCUT2D eigenvalue weighted by atomic mass is 10.1. The van der Waals surface area contributed by atoms with Gasteiger partial charge < -0.3 is 4.74 Å². The molecule has 128 valence electrons. The van der Waals surface area contributed by atoms with E-state index in [1.165, 1.54) is 11.8 Å². The summed E-state index contributed by atoms with van der Waals surface area (Å²) >= 11 is 1.50. The van der Waals surface area contributed by atoms with E-state index in [1.54, 1.807) is 26.2 Å². The third-order valence-electron chi connectivity index (χ3n) is 3.67. The number of nitrogens with one attached hydrogen (secondary N) is 1. The van der Waals surface area contributed by atoms with E-state index in [0.29, 0.717) is 16.5 Å². The monoisotopic (exact) mass is 356 g/mol. The molecule has 0 radical (unpaired) electrons. The van der Waals surface area contributed by atoms with E-state index in [0.717, 1.165) is 22.7 Å². The van der Waals surface area contributed by atoms with Gasteiger partial charge in [-0.2, -0.15) is 5.10 Å². The van der Waals surface area contributed by atoms with Crippen LogP contribution in [0.15, 0.2) is 52.6 Å².